The zero-order valence-electron chi connectivity index (χ0n) is 16.3. The Morgan fingerprint density at radius 3 is 2.90 bits per heavy atom. The van der Waals surface area contributed by atoms with Crippen LogP contribution in [0.25, 0.3) is 0 Å². The number of hydrogen-bond acceptors (Lipinski definition) is 5. The number of hydrogen-bond donors (Lipinski definition) is 3. The predicted octanol–water partition coefficient (Wildman–Crippen LogP) is 3.09. The van der Waals surface area contributed by atoms with Gasteiger partial charge in [0.15, 0.2) is 6.61 Å². The van der Waals surface area contributed by atoms with Crippen LogP contribution in [0, 0.1) is 5.92 Å². The van der Waals surface area contributed by atoms with Crippen molar-refractivity contribution >= 4 is 35.1 Å². The lowest BCUT2D eigenvalue weighted by atomic mass is 9.95. The molecule has 3 rings (SSSR count). The van der Waals surface area contributed by atoms with E-state index in [1.165, 1.54) is 6.08 Å². The smallest absolute Gasteiger partial charge is 0.331 e. The van der Waals surface area contributed by atoms with E-state index >= 15 is 0 Å². The minimum Gasteiger partial charge on any atom is -0.484 e. The molecule has 162 valence electrons. The molecule has 2 aliphatic rings. The number of rotatable bonds is 7. The molecule has 0 bridgehead atoms. The summed E-state index contributed by atoms with van der Waals surface area (Å²) in [5, 5.41) is 16.2. The molecule has 7 nitrogen and oxygen atoms in total. The van der Waals surface area contributed by atoms with Crippen LogP contribution in [-0.4, -0.2) is 49.8 Å². The SMILES string of the molecule is O=C(COC1=CCCC(C(=O)O)=C1)NC[C@@H]1CNCCO[C@H]1c1ccc(Cl)c(Cl)c1. The van der Waals surface area contributed by atoms with Crippen molar-refractivity contribution in [1.29, 1.82) is 0 Å². The monoisotopic (exact) mass is 454 g/mol. The van der Waals surface area contributed by atoms with Crippen LogP contribution < -0.4 is 10.6 Å². The lowest BCUT2D eigenvalue weighted by Gasteiger charge is -2.25. The van der Waals surface area contributed by atoms with Gasteiger partial charge in [-0.1, -0.05) is 29.3 Å². The number of carbonyl (C=O) groups is 2. The number of halogens is 2. The van der Waals surface area contributed by atoms with Crippen LogP contribution in [0.5, 0.6) is 0 Å². The molecule has 1 aromatic carbocycles. The van der Waals surface area contributed by atoms with E-state index in [0.29, 0.717) is 48.3 Å². The van der Waals surface area contributed by atoms with Gasteiger partial charge in [-0.3, -0.25) is 4.79 Å². The van der Waals surface area contributed by atoms with Crippen LogP contribution in [0.3, 0.4) is 0 Å². The van der Waals surface area contributed by atoms with Crippen molar-refractivity contribution in [3.63, 3.8) is 0 Å². The summed E-state index contributed by atoms with van der Waals surface area (Å²) in [7, 11) is 0. The summed E-state index contributed by atoms with van der Waals surface area (Å²) in [6.07, 6.45) is 4.04. The van der Waals surface area contributed by atoms with Gasteiger partial charge in [0.1, 0.15) is 5.76 Å². The molecule has 0 aromatic heterocycles. The second kappa shape index (κ2) is 10.8. The molecule has 0 saturated carbocycles. The first-order valence-corrected chi connectivity index (χ1v) is 10.5. The average Bonchev–Trinajstić information content (AvgIpc) is 2.98. The molecule has 0 spiro atoms. The number of carbonyl (C=O) groups excluding carboxylic acids is 1. The number of nitrogens with one attached hydrogen (secondary N) is 2. The fourth-order valence-electron chi connectivity index (χ4n) is 3.41. The highest BCUT2D eigenvalue weighted by Gasteiger charge is 2.27. The molecule has 0 unspecified atom stereocenters. The first kappa shape index (κ1) is 22.6. The summed E-state index contributed by atoms with van der Waals surface area (Å²) in [5.74, 6) is -0.866. The van der Waals surface area contributed by atoms with Gasteiger partial charge < -0.3 is 25.2 Å². The van der Waals surface area contributed by atoms with Crippen molar-refractivity contribution in [3.8, 4) is 0 Å². The van der Waals surface area contributed by atoms with Crippen molar-refractivity contribution in [2.75, 3.05) is 32.8 Å². The van der Waals surface area contributed by atoms with Gasteiger partial charge in [0, 0.05) is 31.1 Å². The van der Waals surface area contributed by atoms with Crippen LogP contribution >= 0.6 is 23.2 Å². The van der Waals surface area contributed by atoms with Crippen LogP contribution in [-0.2, 0) is 19.1 Å². The molecular formula is C21H24Cl2N2O5. The highest BCUT2D eigenvalue weighted by Crippen LogP contribution is 2.32. The Bertz CT molecular complexity index is 856. The minimum atomic E-state index is -0.970. The Balaban J connectivity index is 1.55. The summed E-state index contributed by atoms with van der Waals surface area (Å²) >= 11 is 12.2. The fraction of sp³-hybridized carbons (Fsp3) is 0.429. The standard InChI is InChI=1S/C21H24Cl2N2O5/c22-17-5-4-13(9-18(17)23)20-15(10-24-6-7-29-20)11-25-19(26)12-30-16-3-1-2-14(8-16)21(27)28/h3-5,8-9,15,20,24H,1-2,6-7,10-12H2,(H,25,26)(H,27,28)/t15-,20-/m0/s1. The van der Waals surface area contributed by atoms with Gasteiger partial charge in [-0.05, 0) is 42.7 Å². The summed E-state index contributed by atoms with van der Waals surface area (Å²) in [4.78, 5) is 23.3. The lowest BCUT2D eigenvalue weighted by molar-refractivity contribution is -0.132. The molecule has 1 aliphatic heterocycles. The van der Waals surface area contributed by atoms with Gasteiger partial charge in [-0.15, -0.1) is 0 Å². The third-order valence-electron chi connectivity index (χ3n) is 4.96. The molecule has 1 heterocycles. The Morgan fingerprint density at radius 2 is 2.13 bits per heavy atom. The number of carboxylic acids is 1. The van der Waals surface area contributed by atoms with Crippen LogP contribution in [0.4, 0.5) is 0 Å². The predicted molar refractivity (Wildman–Crippen MR) is 114 cm³/mol. The number of allylic oxidation sites excluding steroid dienone is 2. The van der Waals surface area contributed by atoms with E-state index in [0.717, 1.165) is 12.1 Å². The molecule has 9 heteroatoms. The minimum absolute atomic E-state index is 0.0129. The third-order valence-corrected chi connectivity index (χ3v) is 5.70. The van der Waals surface area contributed by atoms with E-state index in [4.69, 9.17) is 37.8 Å². The molecular weight excluding hydrogens is 431 g/mol. The van der Waals surface area contributed by atoms with Gasteiger partial charge in [0.05, 0.1) is 22.8 Å². The molecule has 3 N–H and O–H groups in total. The Labute approximate surface area is 185 Å². The molecule has 1 aliphatic carbocycles. The van der Waals surface area contributed by atoms with Crippen molar-refractivity contribution < 1.29 is 24.2 Å². The van der Waals surface area contributed by atoms with Gasteiger partial charge in [-0.25, -0.2) is 4.79 Å². The summed E-state index contributed by atoms with van der Waals surface area (Å²) in [6, 6.07) is 5.41. The average molecular weight is 455 g/mol. The number of benzene rings is 1. The Morgan fingerprint density at radius 1 is 1.30 bits per heavy atom. The number of ether oxygens (including phenoxy) is 2. The van der Waals surface area contributed by atoms with E-state index in [2.05, 4.69) is 10.6 Å². The molecule has 1 amide bonds. The zero-order valence-corrected chi connectivity index (χ0v) is 17.8. The van der Waals surface area contributed by atoms with E-state index in [1.807, 2.05) is 6.07 Å². The van der Waals surface area contributed by atoms with Gasteiger partial charge in [0.2, 0.25) is 0 Å². The van der Waals surface area contributed by atoms with Crippen LogP contribution in [0.2, 0.25) is 10.0 Å². The first-order chi connectivity index (χ1) is 14.4. The van der Waals surface area contributed by atoms with E-state index in [1.54, 1.807) is 18.2 Å². The number of amides is 1. The molecule has 1 fully saturated rings. The quantitative estimate of drug-likeness (QED) is 0.585. The summed E-state index contributed by atoms with van der Waals surface area (Å²) in [6.45, 7) is 2.13. The Hall–Kier alpha value is -2.06. The second-order valence-corrected chi connectivity index (χ2v) is 7.96. The second-order valence-electron chi connectivity index (χ2n) is 7.14. The van der Waals surface area contributed by atoms with Crippen molar-refractivity contribution in [1.82, 2.24) is 10.6 Å². The van der Waals surface area contributed by atoms with Gasteiger partial charge >= 0.3 is 5.97 Å². The highest BCUT2D eigenvalue weighted by molar-refractivity contribution is 6.42. The maximum atomic E-state index is 12.3. The zero-order chi connectivity index (χ0) is 21.5. The van der Waals surface area contributed by atoms with Crippen LogP contribution in [0.15, 0.2) is 41.7 Å². The molecule has 1 saturated heterocycles. The fourth-order valence-corrected chi connectivity index (χ4v) is 3.72. The van der Waals surface area contributed by atoms with E-state index in [-0.39, 0.29) is 30.1 Å². The van der Waals surface area contributed by atoms with Gasteiger partial charge in [0.25, 0.3) is 5.91 Å². The number of aliphatic carboxylic acids is 1. The number of carboxylic acid groups (broad SMARTS) is 1. The maximum absolute atomic E-state index is 12.3. The van der Waals surface area contributed by atoms with Crippen molar-refractivity contribution in [2.45, 2.75) is 18.9 Å². The first-order valence-electron chi connectivity index (χ1n) is 9.75. The van der Waals surface area contributed by atoms with Crippen LogP contribution in [0.1, 0.15) is 24.5 Å². The van der Waals surface area contributed by atoms with Crippen molar-refractivity contribution in [2.24, 2.45) is 5.92 Å². The normalized spacial score (nSPS) is 21.8. The van der Waals surface area contributed by atoms with Gasteiger partial charge in [-0.2, -0.15) is 0 Å². The molecule has 0 radical (unpaired) electrons. The molecule has 1 aromatic rings. The molecule has 30 heavy (non-hydrogen) atoms. The topological polar surface area (TPSA) is 96.9 Å². The third kappa shape index (κ3) is 6.22. The largest absolute Gasteiger partial charge is 0.484 e. The lowest BCUT2D eigenvalue weighted by Crippen LogP contribution is -2.38. The Kier molecular flexibility index (Phi) is 8.16. The summed E-state index contributed by atoms with van der Waals surface area (Å²) < 4.78 is 11.5. The van der Waals surface area contributed by atoms with E-state index < -0.39 is 5.97 Å². The highest BCUT2D eigenvalue weighted by atomic mass is 35.5. The maximum Gasteiger partial charge on any atom is 0.331 e. The van der Waals surface area contributed by atoms with Crippen molar-refractivity contribution in [3.05, 3.63) is 57.3 Å². The molecule has 2 atom stereocenters. The summed E-state index contributed by atoms with van der Waals surface area (Å²) in [5.41, 5.74) is 1.18. The van der Waals surface area contributed by atoms with E-state index in [9.17, 15) is 9.59 Å².